The van der Waals surface area contributed by atoms with Crippen molar-refractivity contribution in [1.82, 2.24) is 10.2 Å². The summed E-state index contributed by atoms with van der Waals surface area (Å²) in [6.45, 7) is 4.62. The molecule has 3 rings (SSSR count). The van der Waals surface area contributed by atoms with Crippen molar-refractivity contribution in [2.24, 2.45) is 0 Å². The highest BCUT2D eigenvalue weighted by Crippen LogP contribution is 2.35. The van der Waals surface area contributed by atoms with Crippen LogP contribution in [0.3, 0.4) is 0 Å². The molecule has 1 unspecified atom stereocenters. The van der Waals surface area contributed by atoms with Gasteiger partial charge in [-0.25, -0.2) is 0 Å². The van der Waals surface area contributed by atoms with E-state index < -0.39 is 0 Å². The molecule has 0 aliphatic carbocycles. The molecule has 4 nitrogen and oxygen atoms in total. The van der Waals surface area contributed by atoms with Crippen molar-refractivity contribution in [2.45, 2.75) is 25.3 Å². The van der Waals surface area contributed by atoms with E-state index in [1.807, 2.05) is 0 Å². The van der Waals surface area contributed by atoms with E-state index >= 15 is 0 Å². The maximum atomic E-state index is 5.45. The Hall–Kier alpha value is -1.26. The lowest BCUT2D eigenvalue weighted by atomic mass is 9.93. The number of rotatable bonds is 4. The molecule has 1 saturated heterocycles. The Morgan fingerprint density at radius 2 is 1.85 bits per heavy atom. The zero-order valence-corrected chi connectivity index (χ0v) is 12.4. The molecular formula is C16H24N2O2. The summed E-state index contributed by atoms with van der Waals surface area (Å²) in [5.41, 5.74) is 2.77. The summed E-state index contributed by atoms with van der Waals surface area (Å²) in [6, 6.07) is 4.71. The first-order valence-electron chi connectivity index (χ1n) is 7.52. The maximum absolute atomic E-state index is 5.45. The summed E-state index contributed by atoms with van der Waals surface area (Å²) in [6.07, 6.45) is 3.74. The SMILES string of the molecule is COc1cc2c(cc1OC)C(CN1CCCC1)NCC2. The molecule has 1 N–H and O–H groups in total. The topological polar surface area (TPSA) is 33.7 Å². The van der Waals surface area contributed by atoms with E-state index in [0.29, 0.717) is 6.04 Å². The van der Waals surface area contributed by atoms with Crippen LogP contribution in [0.15, 0.2) is 12.1 Å². The van der Waals surface area contributed by atoms with Crippen molar-refractivity contribution in [2.75, 3.05) is 40.4 Å². The smallest absolute Gasteiger partial charge is 0.161 e. The van der Waals surface area contributed by atoms with Crippen LogP contribution in [-0.4, -0.2) is 45.3 Å². The van der Waals surface area contributed by atoms with Crippen molar-refractivity contribution in [3.8, 4) is 11.5 Å². The molecule has 20 heavy (non-hydrogen) atoms. The molecule has 0 spiro atoms. The molecule has 0 bridgehead atoms. The zero-order valence-electron chi connectivity index (χ0n) is 12.4. The molecule has 4 heteroatoms. The predicted molar refractivity (Wildman–Crippen MR) is 79.7 cm³/mol. The third-order valence-corrected chi connectivity index (χ3v) is 4.45. The standard InChI is InChI=1S/C16H24N2O2/c1-19-15-9-12-5-6-17-14(11-18-7-3-4-8-18)13(12)10-16(15)20-2/h9-10,14,17H,3-8,11H2,1-2H3. The highest BCUT2D eigenvalue weighted by Gasteiger charge is 2.25. The van der Waals surface area contributed by atoms with Gasteiger partial charge in [-0.2, -0.15) is 0 Å². The van der Waals surface area contributed by atoms with E-state index in [9.17, 15) is 0 Å². The van der Waals surface area contributed by atoms with Gasteiger partial charge in [-0.1, -0.05) is 0 Å². The third kappa shape index (κ3) is 2.63. The Bertz CT molecular complexity index is 470. The normalized spacial score (nSPS) is 22.6. The monoisotopic (exact) mass is 276 g/mol. The molecule has 2 aliphatic rings. The van der Waals surface area contributed by atoms with Crippen LogP contribution in [0.1, 0.15) is 30.0 Å². The highest BCUT2D eigenvalue weighted by atomic mass is 16.5. The molecule has 1 aromatic rings. The Labute approximate surface area is 121 Å². The van der Waals surface area contributed by atoms with Crippen LogP contribution < -0.4 is 14.8 Å². The van der Waals surface area contributed by atoms with Crippen molar-refractivity contribution < 1.29 is 9.47 Å². The van der Waals surface area contributed by atoms with E-state index in [2.05, 4.69) is 22.3 Å². The number of likely N-dealkylation sites (tertiary alicyclic amines) is 1. The minimum atomic E-state index is 0.414. The van der Waals surface area contributed by atoms with Crippen molar-refractivity contribution in [3.05, 3.63) is 23.3 Å². The van der Waals surface area contributed by atoms with E-state index in [4.69, 9.17) is 9.47 Å². The Morgan fingerprint density at radius 1 is 1.15 bits per heavy atom. The average Bonchev–Trinajstić information content (AvgIpc) is 2.99. The number of nitrogens with one attached hydrogen (secondary N) is 1. The van der Waals surface area contributed by atoms with E-state index in [-0.39, 0.29) is 0 Å². The van der Waals surface area contributed by atoms with Crippen LogP contribution in [0.5, 0.6) is 11.5 Å². The molecular weight excluding hydrogens is 252 g/mol. The summed E-state index contributed by atoms with van der Waals surface area (Å²) >= 11 is 0. The van der Waals surface area contributed by atoms with Crippen LogP contribution in [0.25, 0.3) is 0 Å². The molecule has 1 aromatic carbocycles. The second kappa shape index (κ2) is 6.02. The molecule has 110 valence electrons. The molecule has 0 radical (unpaired) electrons. The fourth-order valence-electron chi connectivity index (χ4n) is 3.36. The largest absolute Gasteiger partial charge is 0.493 e. The molecule has 1 atom stereocenters. The van der Waals surface area contributed by atoms with Gasteiger partial charge in [0.2, 0.25) is 0 Å². The van der Waals surface area contributed by atoms with Crippen LogP contribution in [0, 0.1) is 0 Å². The van der Waals surface area contributed by atoms with Crippen molar-refractivity contribution in [1.29, 1.82) is 0 Å². The molecule has 0 amide bonds. The van der Waals surface area contributed by atoms with Gasteiger partial charge < -0.3 is 19.7 Å². The Balaban J connectivity index is 1.86. The lowest BCUT2D eigenvalue weighted by Gasteiger charge is -2.31. The zero-order chi connectivity index (χ0) is 13.9. The highest BCUT2D eigenvalue weighted by molar-refractivity contribution is 5.49. The van der Waals surface area contributed by atoms with Crippen molar-refractivity contribution >= 4 is 0 Å². The van der Waals surface area contributed by atoms with Gasteiger partial charge in [0.1, 0.15) is 0 Å². The lowest BCUT2D eigenvalue weighted by Crippen LogP contribution is -2.38. The second-order valence-electron chi connectivity index (χ2n) is 5.67. The number of hydrogen-bond acceptors (Lipinski definition) is 4. The molecule has 0 saturated carbocycles. The maximum Gasteiger partial charge on any atom is 0.161 e. The van der Waals surface area contributed by atoms with Gasteiger partial charge in [0.15, 0.2) is 11.5 Å². The van der Waals surface area contributed by atoms with Gasteiger partial charge in [0.05, 0.1) is 14.2 Å². The summed E-state index contributed by atoms with van der Waals surface area (Å²) in [4.78, 5) is 2.56. The van der Waals surface area contributed by atoms with Crippen LogP contribution in [0.2, 0.25) is 0 Å². The first kappa shape index (κ1) is 13.7. The lowest BCUT2D eigenvalue weighted by molar-refractivity contribution is 0.286. The fraction of sp³-hybridized carbons (Fsp3) is 0.625. The number of fused-ring (bicyclic) bond motifs is 1. The van der Waals surface area contributed by atoms with E-state index in [1.165, 1.54) is 37.1 Å². The minimum Gasteiger partial charge on any atom is -0.493 e. The second-order valence-corrected chi connectivity index (χ2v) is 5.67. The fourth-order valence-corrected chi connectivity index (χ4v) is 3.36. The van der Waals surface area contributed by atoms with E-state index in [0.717, 1.165) is 31.0 Å². The van der Waals surface area contributed by atoms with Gasteiger partial charge >= 0.3 is 0 Å². The molecule has 2 heterocycles. The Kier molecular flexibility index (Phi) is 4.13. The summed E-state index contributed by atoms with van der Waals surface area (Å²) in [5.74, 6) is 1.68. The van der Waals surface area contributed by atoms with Gasteiger partial charge in [-0.05, 0) is 62.2 Å². The third-order valence-electron chi connectivity index (χ3n) is 4.45. The van der Waals surface area contributed by atoms with Gasteiger partial charge in [-0.15, -0.1) is 0 Å². The number of benzene rings is 1. The molecule has 0 aromatic heterocycles. The van der Waals surface area contributed by atoms with E-state index in [1.54, 1.807) is 14.2 Å². The first-order valence-corrected chi connectivity index (χ1v) is 7.52. The number of ether oxygens (including phenoxy) is 2. The quantitative estimate of drug-likeness (QED) is 0.912. The molecule has 1 fully saturated rings. The number of hydrogen-bond donors (Lipinski definition) is 1. The summed E-state index contributed by atoms with van der Waals surface area (Å²) in [7, 11) is 3.41. The van der Waals surface area contributed by atoms with Gasteiger partial charge in [0, 0.05) is 12.6 Å². The average molecular weight is 276 g/mol. The van der Waals surface area contributed by atoms with Crippen molar-refractivity contribution in [3.63, 3.8) is 0 Å². The predicted octanol–water partition coefficient (Wildman–Crippen LogP) is 1.99. The number of methoxy groups -OCH3 is 2. The van der Waals surface area contributed by atoms with Crippen LogP contribution >= 0.6 is 0 Å². The Morgan fingerprint density at radius 3 is 2.55 bits per heavy atom. The summed E-state index contributed by atoms with van der Waals surface area (Å²) < 4.78 is 10.9. The van der Waals surface area contributed by atoms with Crippen LogP contribution in [0.4, 0.5) is 0 Å². The van der Waals surface area contributed by atoms with Gasteiger partial charge in [0.25, 0.3) is 0 Å². The van der Waals surface area contributed by atoms with Crippen LogP contribution in [-0.2, 0) is 6.42 Å². The summed E-state index contributed by atoms with van der Waals surface area (Å²) in [5, 5.41) is 3.65. The molecule has 2 aliphatic heterocycles. The van der Waals surface area contributed by atoms with Gasteiger partial charge in [-0.3, -0.25) is 0 Å². The minimum absolute atomic E-state index is 0.414. The number of nitrogens with zero attached hydrogens (tertiary/aromatic N) is 1. The first-order chi connectivity index (χ1) is 9.81.